The van der Waals surface area contributed by atoms with Gasteiger partial charge in [0.15, 0.2) is 0 Å². The molecular weight excluding hydrogens is 220 g/mol. The van der Waals surface area contributed by atoms with Gasteiger partial charge in [-0.3, -0.25) is 0 Å². The molecule has 88 valence electrons. The van der Waals surface area contributed by atoms with E-state index >= 15 is 0 Å². The Labute approximate surface area is 98.9 Å². The summed E-state index contributed by atoms with van der Waals surface area (Å²) in [5.41, 5.74) is 9.22. The molecule has 0 aliphatic carbocycles. The van der Waals surface area contributed by atoms with E-state index in [9.17, 15) is 4.79 Å². The number of para-hydroxylation sites is 1. The van der Waals surface area contributed by atoms with E-state index in [-0.39, 0.29) is 5.71 Å². The van der Waals surface area contributed by atoms with Crippen LogP contribution in [0.5, 0.6) is 5.75 Å². The molecule has 0 amide bonds. The quantitative estimate of drug-likeness (QED) is 0.342. The van der Waals surface area contributed by atoms with E-state index in [1.165, 1.54) is 13.2 Å². The maximum absolute atomic E-state index is 11.1. The summed E-state index contributed by atoms with van der Waals surface area (Å²) < 4.78 is 9.56. The van der Waals surface area contributed by atoms with Crippen LogP contribution in [-0.4, -0.2) is 30.7 Å². The zero-order valence-corrected chi connectivity index (χ0v) is 9.58. The maximum atomic E-state index is 11.1. The molecule has 0 saturated heterocycles. The highest BCUT2D eigenvalue weighted by atomic mass is 16.5. The molecule has 0 atom stereocenters. The lowest BCUT2D eigenvalue weighted by molar-refractivity contribution is -0.137. The summed E-state index contributed by atoms with van der Waals surface area (Å²) in [7, 11) is 2.76. The largest absolute Gasteiger partial charge is 0.496 e. The van der Waals surface area contributed by atoms with Crippen molar-refractivity contribution in [2.75, 3.05) is 14.2 Å². The predicted octanol–water partition coefficient (Wildman–Crippen LogP) is 1.55. The smallest absolute Gasteiger partial charge is 0.421 e. The van der Waals surface area contributed by atoms with Crippen LogP contribution in [-0.2, 0) is 9.53 Å². The average Bonchev–Trinajstić information content (AvgIpc) is 2.39. The van der Waals surface area contributed by atoms with Gasteiger partial charge >= 0.3 is 11.7 Å². The number of carbonyl (C=O) groups excluding carboxylic acids is 1. The molecule has 0 spiro atoms. The Morgan fingerprint density at radius 2 is 2.06 bits per heavy atom. The van der Waals surface area contributed by atoms with Crippen LogP contribution in [0, 0.1) is 0 Å². The molecule has 0 aliphatic heterocycles. The number of esters is 1. The second-order valence-corrected chi connectivity index (χ2v) is 3.05. The van der Waals surface area contributed by atoms with Crippen LogP contribution >= 0.6 is 0 Å². The van der Waals surface area contributed by atoms with E-state index < -0.39 is 5.97 Å². The van der Waals surface area contributed by atoms with Crippen LogP contribution in [0.25, 0.3) is 11.6 Å². The minimum atomic E-state index is -0.710. The second-order valence-electron chi connectivity index (χ2n) is 3.05. The molecule has 5 heteroatoms. The normalized spacial score (nSPS) is 9.76. The van der Waals surface area contributed by atoms with Gasteiger partial charge in [-0.25, -0.2) is 4.79 Å². The van der Waals surface area contributed by atoms with Crippen molar-refractivity contribution in [1.82, 2.24) is 0 Å². The van der Waals surface area contributed by atoms with E-state index in [1.54, 1.807) is 19.3 Å². The third-order valence-corrected chi connectivity index (χ3v) is 2.06. The molecule has 0 fully saturated rings. The van der Waals surface area contributed by atoms with E-state index in [0.29, 0.717) is 5.75 Å². The van der Waals surface area contributed by atoms with E-state index in [0.717, 1.165) is 5.56 Å². The molecule has 0 N–H and O–H groups in total. The molecule has 0 unspecified atom stereocenters. The monoisotopic (exact) mass is 232 g/mol. The number of ether oxygens (including phenoxy) is 2. The Hall–Kier alpha value is -2.39. The third-order valence-electron chi connectivity index (χ3n) is 2.06. The standard InChI is InChI=1S/C12H12N2O3/c1-16-11-6-4-3-5-9(11)7-8-10(14-13)12(15)17-2/h3-8H,1-2H3/b8-7+. The molecule has 17 heavy (non-hydrogen) atoms. The first-order valence-corrected chi connectivity index (χ1v) is 4.84. The Morgan fingerprint density at radius 1 is 1.35 bits per heavy atom. The Morgan fingerprint density at radius 3 is 2.65 bits per heavy atom. The first-order valence-electron chi connectivity index (χ1n) is 4.84. The minimum absolute atomic E-state index is 0.182. The SMILES string of the molecule is COC(=O)C(/C=C/c1ccccc1OC)=[N+]=[N-]. The molecule has 0 aromatic heterocycles. The zero-order valence-electron chi connectivity index (χ0n) is 9.58. The van der Waals surface area contributed by atoms with Crippen molar-refractivity contribution in [2.24, 2.45) is 0 Å². The lowest BCUT2D eigenvalue weighted by atomic mass is 10.1. The zero-order chi connectivity index (χ0) is 12.7. The van der Waals surface area contributed by atoms with Gasteiger partial charge in [0, 0.05) is 11.6 Å². The van der Waals surface area contributed by atoms with Gasteiger partial charge in [0.05, 0.1) is 14.2 Å². The highest BCUT2D eigenvalue weighted by Crippen LogP contribution is 2.18. The third kappa shape index (κ3) is 3.29. The van der Waals surface area contributed by atoms with Crippen molar-refractivity contribution in [1.29, 1.82) is 0 Å². The maximum Gasteiger partial charge on any atom is 0.421 e. The Bertz CT molecular complexity index is 488. The Balaban J connectivity index is 2.97. The van der Waals surface area contributed by atoms with Gasteiger partial charge in [-0.05, 0) is 12.1 Å². The van der Waals surface area contributed by atoms with Crippen molar-refractivity contribution >= 4 is 17.8 Å². The molecule has 0 radical (unpaired) electrons. The lowest BCUT2D eigenvalue weighted by Gasteiger charge is -2.02. The lowest BCUT2D eigenvalue weighted by Crippen LogP contribution is -2.13. The van der Waals surface area contributed by atoms with E-state index in [1.807, 2.05) is 18.2 Å². The first kappa shape index (κ1) is 12.7. The topological polar surface area (TPSA) is 71.9 Å². The van der Waals surface area contributed by atoms with E-state index in [2.05, 4.69) is 9.53 Å². The fourth-order valence-corrected chi connectivity index (χ4v) is 1.22. The van der Waals surface area contributed by atoms with Crippen LogP contribution in [0.15, 0.2) is 30.3 Å². The number of hydrogen-bond donors (Lipinski definition) is 0. The molecule has 5 nitrogen and oxygen atoms in total. The summed E-state index contributed by atoms with van der Waals surface area (Å²) in [6.07, 6.45) is 2.95. The molecule has 0 aliphatic rings. The highest BCUT2D eigenvalue weighted by Gasteiger charge is 2.16. The van der Waals surface area contributed by atoms with Gasteiger partial charge in [0.1, 0.15) is 5.75 Å². The molecular formula is C12H12N2O3. The van der Waals surface area contributed by atoms with Crippen molar-refractivity contribution in [3.8, 4) is 5.75 Å². The van der Waals surface area contributed by atoms with Crippen LogP contribution in [0.3, 0.4) is 0 Å². The first-order chi connectivity index (χ1) is 8.22. The molecule has 1 aromatic carbocycles. The minimum Gasteiger partial charge on any atom is -0.496 e. The van der Waals surface area contributed by atoms with Crippen LogP contribution in [0.1, 0.15) is 5.56 Å². The van der Waals surface area contributed by atoms with Gasteiger partial charge in [-0.15, -0.1) is 0 Å². The van der Waals surface area contributed by atoms with E-state index in [4.69, 9.17) is 10.3 Å². The molecule has 1 rings (SSSR count). The van der Waals surface area contributed by atoms with Crippen molar-refractivity contribution in [3.63, 3.8) is 0 Å². The Kier molecular flexibility index (Phi) is 4.66. The van der Waals surface area contributed by atoms with Gasteiger partial charge in [0.25, 0.3) is 0 Å². The van der Waals surface area contributed by atoms with Gasteiger partial charge in [0.2, 0.25) is 0 Å². The predicted molar refractivity (Wildman–Crippen MR) is 62.7 cm³/mol. The summed E-state index contributed by atoms with van der Waals surface area (Å²) in [6, 6.07) is 7.25. The number of rotatable bonds is 4. The van der Waals surface area contributed by atoms with Gasteiger partial charge < -0.3 is 15.0 Å². The van der Waals surface area contributed by atoms with Crippen LogP contribution in [0.2, 0.25) is 0 Å². The molecule has 0 heterocycles. The highest BCUT2D eigenvalue weighted by molar-refractivity contribution is 6.39. The van der Waals surface area contributed by atoms with Crippen molar-refractivity contribution in [2.45, 2.75) is 0 Å². The fourth-order valence-electron chi connectivity index (χ4n) is 1.22. The van der Waals surface area contributed by atoms with Crippen LogP contribution in [0.4, 0.5) is 0 Å². The number of methoxy groups -OCH3 is 2. The van der Waals surface area contributed by atoms with Crippen molar-refractivity contribution < 1.29 is 19.1 Å². The number of carbonyl (C=O) groups is 1. The fraction of sp³-hybridized carbons (Fsp3) is 0.167. The summed E-state index contributed by atoms with van der Waals surface area (Å²) in [5.74, 6) is -0.0513. The summed E-state index contributed by atoms with van der Waals surface area (Å²) in [4.78, 5) is 14.0. The molecule has 0 bridgehead atoms. The number of hydrogen-bond acceptors (Lipinski definition) is 3. The van der Waals surface area contributed by atoms with Gasteiger partial charge in [-0.2, -0.15) is 4.79 Å². The second kappa shape index (κ2) is 6.25. The van der Waals surface area contributed by atoms with Crippen molar-refractivity contribution in [3.05, 3.63) is 41.4 Å². The number of nitrogens with zero attached hydrogens (tertiary/aromatic N) is 2. The molecule has 0 saturated carbocycles. The number of benzene rings is 1. The summed E-state index contributed by atoms with van der Waals surface area (Å²) in [6.45, 7) is 0. The molecule has 1 aromatic rings. The average molecular weight is 232 g/mol. The van der Waals surface area contributed by atoms with Crippen LogP contribution < -0.4 is 4.74 Å². The van der Waals surface area contributed by atoms with Gasteiger partial charge in [-0.1, -0.05) is 18.2 Å². The summed E-state index contributed by atoms with van der Waals surface area (Å²) in [5, 5.41) is 0. The summed E-state index contributed by atoms with van der Waals surface area (Å²) >= 11 is 0.